The Morgan fingerprint density at radius 1 is 1.35 bits per heavy atom. The van der Waals surface area contributed by atoms with Gasteiger partial charge in [0.2, 0.25) is 0 Å². The van der Waals surface area contributed by atoms with Crippen molar-refractivity contribution in [2.24, 2.45) is 5.73 Å². The lowest BCUT2D eigenvalue weighted by atomic mass is 10.2. The molecule has 1 aromatic rings. The number of aromatic nitrogens is 2. The highest BCUT2D eigenvalue weighted by molar-refractivity contribution is 4.98. The van der Waals surface area contributed by atoms with Crippen molar-refractivity contribution in [1.82, 2.24) is 15.0 Å². The molecule has 0 spiro atoms. The van der Waals surface area contributed by atoms with Crippen LogP contribution < -0.4 is 5.73 Å². The van der Waals surface area contributed by atoms with Crippen molar-refractivity contribution >= 4 is 0 Å². The highest BCUT2D eigenvalue weighted by atomic mass is 16.5. The molecular weight excluding hydrogens is 260 g/mol. The van der Waals surface area contributed by atoms with Crippen LogP contribution in [0.25, 0.3) is 0 Å². The summed E-state index contributed by atoms with van der Waals surface area (Å²) >= 11 is 0. The van der Waals surface area contributed by atoms with Crippen molar-refractivity contribution in [2.45, 2.75) is 38.0 Å². The van der Waals surface area contributed by atoms with E-state index in [-0.39, 0.29) is 18.2 Å². The van der Waals surface area contributed by atoms with Crippen LogP contribution in [0.1, 0.15) is 43.6 Å². The molecule has 3 atom stereocenters. The fraction of sp³-hybridized carbons (Fsp3) is 0.846. The topological polar surface area (TPSA) is 86.6 Å². The van der Waals surface area contributed by atoms with Gasteiger partial charge < -0.3 is 19.7 Å². The first-order chi connectivity index (χ1) is 9.72. The zero-order valence-corrected chi connectivity index (χ0v) is 11.8. The zero-order valence-electron chi connectivity index (χ0n) is 11.8. The number of hydrogen-bond donors (Lipinski definition) is 1. The highest BCUT2D eigenvalue weighted by Crippen LogP contribution is 2.31. The van der Waals surface area contributed by atoms with Gasteiger partial charge in [-0.3, -0.25) is 4.90 Å². The van der Waals surface area contributed by atoms with Crippen molar-refractivity contribution in [1.29, 1.82) is 0 Å². The first kappa shape index (κ1) is 13.9. The van der Waals surface area contributed by atoms with Gasteiger partial charge in [0.25, 0.3) is 5.89 Å². The van der Waals surface area contributed by atoms with E-state index < -0.39 is 0 Å². The molecule has 0 aromatic carbocycles. The maximum absolute atomic E-state index is 6.16. The summed E-state index contributed by atoms with van der Waals surface area (Å²) in [5, 5.41) is 4.00. The molecule has 2 aliphatic heterocycles. The van der Waals surface area contributed by atoms with Gasteiger partial charge in [-0.1, -0.05) is 5.16 Å². The fourth-order valence-electron chi connectivity index (χ4n) is 2.66. The second-order valence-electron chi connectivity index (χ2n) is 5.52. The Morgan fingerprint density at radius 3 is 2.85 bits per heavy atom. The Kier molecular flexibility index (Phi) is 4.30. The molecule has 0 bridgehead atoms. The standard InChI is InChI=1S/C13H22N4O3/c1-9-2-3-11(19-9)13-15-12(16-20-13)10(14)8-17-4-6-18-7-5-17/h9-11H,2-8,14H2,1H3. The molecule has 20 heavy (non-hydrogen) atoms. The van der Waals surface area contributed by atoms with Gasteiger partial charge in [-0.15, -0.1) is 0 Å². The molecule has 2 aliphatic rings. The highest BCUT2D eigenvalue weighted by Gasteiger charge is 2.29. The van der Waals surface area contributed by atoms with Crippen LogP contribution in [-0.4, -0.2) is 54.0 Å². The van der Waals surface area contributed by atoms with Gasteiger partial charge in [-0.25, -0.2) is 0 Å². The largest absolute Gasteiger partial charge is 0.379 e. The van der Waals surface area contributed by atoms with Crippen LogP contribution in [0.2, 0.25) is 0 Å². The second kappa shape index (κ2) is 6.17. The molecule has 0 radical (unpaired) electrons. The van der Waals surface area contributed by atoms with E-state index in [1.165, 1.54) is 0 Å². The molecule has 3 heterocycles. The van der Waals surface area contributed by atoms with Crippen LogP contribution in [0, 0.1) is 0 Å². The lowest BCUT2D eigenvalue weighted by Crippen LogP contribution is -2.40. The second-order valence-corrected chi connectivity index (χ2v) is 5.52. The van der Waals surface area contributed by atoms with Gasteiger partial charge in [-0.2, -0.15) is 4.98 Å². The summed E-state index contributed by atoms with van der Waals surface area (Å²) < 4.78 is 16.3. The van der Waals surface area contributed by atoms with Crippen LogP contribution in [-0.2, 0) is 9.47 Å². The molecule has 112 valence electrons. The molecule has 2 fully saturated rings. The quantitative estimate of drug-likeness (QED) is 0.867. The summed E-state index contributed by atoms with van der Waals surface area (Å²) in [5.41, 5.74) is 6.16. The molecule has 0 saturated carbocycles. The fourth-order valence-corrected chi connectivity index (χ4v) is 2.66. The zero-order chi connectivity index (χ0) is 13.9. The Morgan fingerprint density at radius 2 is 2.15 bits per heavy atom. The van der Waals surface area contributed by atoms with Crippen LogP contribution in [0.4, 0.5) is 0 Å². The maximum atomic E-state index is 6.16. The Bertz CT molecular complexity index is 433. The molecule has 2 N–H and O–H groups in total. The Hall–Kier alpha value is -1.02. The third-order valence-corrected chi connectivity index (χ3v) is 3.86. The predicted octanol–water partition coefficient (Wildman–Crippen LogP) is 0.642. The van der Waals surface area contributed by atoms with E-state index in [1.807, 2.05) is 0 Å². The minimum absolute atomic E-state index is 0.0677. The van der Waals surface area contributed by atoms with Gasteiger partial charge in [0.1, 0.15) is 6.10 Å². The molecule has 3 unspecified atom stereocenters. The summed E-state index contributed by atoms with van der Waals surface area (Å²) in [4.78, 5) is 6.67. The van der Waals surface area contributed by atoms with Crippen LogP contribution in [0.3, 0.4) is 0 Å². The van der Waals surface area contributed by atoms with Gasteiger partial charge >= 0.3 is 0 Å². The van der Waals surface area contributed by atoms with Crippen LogP contribution in [0.15, 0.2) is 4.52 Å². The lowest BCUT2D eigenvalue weighted by Gasteiger charge is -2.27. The average molecular weight is 282 g/mol. The predicted molar refractivity (Wildman–Crippen MR) is 71.0 cm³/mol. The third kappa shape index (κ3) is 3.17. The average Bonchev–Trinajstić information content (AvgIpc) is 3.08. The lowest BCUT2D eigenvalue weighted by molar-refractivity contribution is 0.0347. The van der Waals surface area contributed by atoms with Gasteiger partial charge in [0, 0.05) is 19.6 Å². The van der Waals surface area contributed by atoms with Crippen molar-refractivity contribution in [3.8, 4) is 0 Å². The first-order valence-electron chi connectivity index (χ1n) is 7.27. The molecule has 0 aliphatic carbocycles. The molecule has 7 nitrogen and oxygen atoms in total. The Labute approximate surface area is 118 Å². The maximum Gasteiger partial charge on any atom is 0.255 e. The van der Waals surface area contributed by atoms with Crippen molar-refractivity contribution in [3.63, 3.8) is 0 Å². The van der Waals surface area contributed by atoms with E-state index in [2.05, 4.69) is 22.0 Å². The van der Waals surface area contributed by atoms with E-state index >= 15 is 0 Å². The molecule has 2 saturated heterocycles. The van der Waals surface area contributed by atoms with E-state index in [4.69, 9.17) is 19.7 Å². The number of morpholine rings is 1. The number of rotatable bonds is 4. The Balaban J connectivity index is 1.58. The van der Waals surface area contributed by atoms with E-state index in [0.717, 1.165) is 45.7 Å². The smallest absolute Gasteiger partial charge is 0.255 e. The summed E-state index contributed by atoms with van der Waals surface area (Å²) in [6, 6.07) is -0.232. The van der Waals surface area contributed by atoms with Gasteiger partial charge in [0.05, 0.1) is 25.4 Å². The number of hydrogen-bond acceptors (Lipinski definition) is 7. The van der Waals surface area contributed by atoms with Crippen LogP contribution in [0.5, 0.6) is 0 Å². The van der Waals surface area contributed by atoms with Crippen molar-refractivity contribution in [2.75, 3.05) is 32.8 Å². The van der Waals surface area contributed by atoms with Gasteiger partial charge in [-0.05, 0) is 19.8 Å². The molecule has 3 rings (SSSR count). The number of nitrogens with two attached hydrogens (primary N) is 1. The minimum atomic E-state index is -0.232. The first-order valence-corrected chi connectivity index (χ1v) is 7.27. The van der Waals surface area contributed by atoms with Crippen molar-refractivity contribution in [3.05, 3.63) is 11.7 Å². The van der Waals surface area contributed by atoms with E-state index in [1.54, 1.807) is 0 Å². The summed E-state index contributed by atoms with van der Waals surface area (Å²) in [6.07, 6.45) is 2.16. The summed E-state index contributed by atoms with van der Waals surface area (Å²) in [5.74, 6) is 1.12. The number of ether oxygens (including phenoxy) is 2. The summed E-state index contributed by atoms with van der Waals surface area (Å²) in [6.45, 7) is 6.12. The van der Waals surface area contributed by atoms with E-state index in [9.17, 15) is 0 Å². The number of nitrogens with zero attached hydrogens (tertiary/aromatic N) is 3. The SMILES string of the molecule is CC1CCC(c2nc(C(N)CN3CCOCC3)no2)O1. The van der Waals surface area contributed by atoms with Crippen LogP contribution >= 0.6 is 0 Å². The summed E-state index contributed by atoms with van der Waals surface area (Å²) in [7, 11) is 0. The minimum Gasteiger partial charge on any atom is -0.379 e. The normalized spacial score (nSPS) is 29.7. The van der Waals surface area contributed by atoms with E-state index in [0.29, 0.717) is 11.7 Å². The monoisotopic (exact) mass is 282 g/mol. The third-order valence-electron chi connectivity index (χ3n) is 3.86. The van der Waals surface area contributed by atoms with Gasteiger partial charge in [0.15, 0.2) is 5.82 Å². The molecule has 1 aromatic heterocycles. The molecule has 7 heteroatoms. The molecule has 0 amide bonds. The molecular formula is C13H22N4O3. The van der Waals surface area contributed by atoms with Crippen molar-refractivity contribution < 1.29 is 14.0 Å².